The Bertz CT molecular complexity index is 41.5. The van der Waals surface area contributed by atoms with E-state index in [-0.39, 0.29) is 12.8 Å². The van der Waals surface area contributed by atoms with Gasteiger partial charge in [0, 0.05) is 12.8 Å². The van der Waals surface area contributed by atoms with Crippen LogP contribution in [0.25, 0.3) is 0 Å². The van der Waals surface area contributed by atoms with Gasteiger partial charge < -0.3 is 0 Å². The molecule has 0 bridgehead atoms. The molecule has 0 aromatic rings. The topological polar surface area (TPSA) is 0 Å². The zero-order valence-electron chi connectivity index (χ0n) is 3.32. The third-order valence-electron chi connectivity index (χ3n) is 1.02. The predicted molar refractivity (Wildman–Crippen MR) is 19.0 cm³/mol. The monoisotopic (exact) mass is 92.0 g/mol. The lowest BCUT2D eigenvalue weighted by Gasteiger charge is -2.21. The average molecular weight is 92.1 g/mol. The average Bonchev–Trinajstić information content (AvgIpc) is 1.33. The van der Waals surface area contributed by atoms with Crippen molar-refractivity contribution in [3.05, 3.63) is 0 Å². The van der Waals surface area contributed by atoms with E-state index in [0.717, 1.165) is 0 Å². The molecule has 1 fully saturated rings. The fourth-order valence-corrected chi connectivity index (χ4v) is 0.486. The number of halogens is 2. The van der Waals surface area contributed by atoms with Crippen molar-refractivity contribution in [1.29, 1.82) is 0 Å². The Morgan fingerprint density at radius 2 is 1.33 bits per heavy atom. The largest absolute Gasteiger partial charge is 0.247 e. The molecule has 1 aliphatic rings. The van der Waals surface area contributed by atoms with Crippen LogP contribution in [-0.4, -0.2) is 12.3 Å². The van der Waals surface area contributed by atoms with E-state index < -0.39 is 12.3 Å². The molecule has 0 aliphatic heterocycles. The Hall–Kier alpha value is -0.140. The van der Waals surface area contributed by atoms with Gasteiger partial charge in [-0.1, -0.05) is 0 Å². The first-order valence-corrected chi connectivity index (χ1v) is 2.07. The molecule has 1 saturated carbocycles. The van der Waals surface area contributed by atoms with Gasteiger partial charge >= 0.3 is 0 Å². The first-order chi connectivity index (χ1) is 2.79. The van der Waals surface area contributed by atoms with Crippen molar-refractivity contribution in [2.24, 2.45) is 0 Å². The molecule has 1 rings (SSSR count). The quantitative estimate of drug-likeness (QED) is 0.424. The van der Waals surface area contributed by atoms with E-state index in [0.29, 0.717) is 0 Å². The first-order valence-electron chi connectivity index (χ1n) is 2.07. The molecule has 0 unspecified atom stereocenters. The second-order valence-electron chi connectivity index (χ2n) is 1.67. The highest BCUT2D eigenvalue weighted by Gasteiger charge is 2.27. The van der Waals surface area contributed by atoms with Crippen molar-refractivity contribution in [2.75, 3.05) is 0 Å². The molecule has 0 heterocycles. The summed E-state index contributed by atoms with van der Waals surface area (Å²) in [5.74, 6) is 0. The SMILES string of the molecule is FC1CC(F)C1. The summed E-state index contributed by atoms with van der Waals surface area (Å²) in [5.41, 5.74) is 0. The molecule has 0 aromatic carbocycles. The van der Waals surface area contributed by atoms with Crippen LogP contribution in [0.15, 0.2) is 0 Å². The van der Waals surface area contributed by atoms with Gasteiger partial charge in [0.1, 0.15) is 12.3 Å². The molecule has 6 heavy (non-hydrogen) atoms. The minimum Gasteiger partial charge on any atom is -0.247 e. The zero-order valence-corrected chi connectivity index (χ0v) is 3.32. The van der Waals surface area contributed by atoms with Crippen molar-refractivity contribution >= 4 is 0 Å². The normalized spacial score (nSPS) is 45.0. The fourth-order valence-electron chi connectivity index (χ4n) is 0.486. The van der Waals surface area contributed by atoms with Crippen LogP contribution in [0.1, 0.15) is 12.8 Å². The second kappa shape index (κ2) is 1.17. The molecule has 0 radical (unpaired) electrons. The Labute approximate surface area is 35.2 Å². The van der Waals surface area contributed by atoms with Crippen molar-refractivity contribution in [3.8, 4) is 0 Å². The summed E-state index contributed by atoms with van der Waals surface area (Å²) >= 11 is 0. The summed E-state index contributed by atoms with van der Waals surface area (Å²) in [5, 5.41) is 0. The molecule has 0 nitrogen and oxygen atoms in total. The molecular weight excluding hydrogens is 86.0 g/mol. The molecule has 0 atom stereocenters. The lowest BCUT2D eigenvalue weighted by atomic mass is 9.96. The molecule has 2 heteroatoms. The van der Waals surface area contributed by atoms with Gasteiger partial charge in [-0.15, -0.1) is 0 Å². The van der Waals surface area contributed by atoms with Crippen molar-refractivity contribution in [2.45, 2.75) is 25.2 Å². The minimum absolute atomic E-state index is 0.139. The van der Waals surface area contributed by atoms with Crippen LogP contribution in [0.2, 0.25) is 0 Å². The van der Waals surface area contributed by atoms with E-state index in [1.807, 2.05) is 0 Å². The van der Waals surface area contributed by atoms with Gasteiger partial charge in [0.15, 0.2) is 0 Å². The first kappa shape index (κ1) is 4.03. The Morgan fingerprint density at radius 3 is 1.33 bits per heavy atom. The van der Waals surface area contributed by atoms with Gasteiger partial charge in [0.2, 0.25) is 0 Å². The minimum atomic E-state index is -0.833. The van der Waals surface area contributed by atoms with Gasteiger partial charge in [0.05, 0.1) is 0 Å². The smallest absolute Gasteiger partial charge is 0.106 e. The van der Waals surface area contributed by atoms with Crippen LogP contribution < -0.4 is 0 Å². The van der Waals surface area contributed by atoms with Crippen LogP contribution in [-0.2, 0) is 0 Å². The molecule has 0 aromatic heterocycles. The second-order valence-corrected chi connectivity index (χ2v) is 1.67. The van der Waals surface area contributed by atoms with Crippen molar-refractivity contribution < 1.29 is 8.78 Å². The van der Waals surface area contributed by atoms with Crippen molar-refractivity contribution in [3.63, 3.8) is 0 Å². The highest BCUT2D eigenvalue weighted by Crippen LogP contribution is 2.25. The maximum absolute atomic E-state index is 11.5. The lowest BCUT2D eigenvalue weighted by Crippen LogP contribution is -2.25. The molecule has 0 saturated heterocycles. The summed E-state index contributed by atoms with van der Waals surface area (Å²) < 4.78 is 23.1. The standard InChI is InChI=1S/C4H6F2/c5-3-1-4(6)2-3/h3-4H,1-2H2. The highest BCUT2D eigenvalue weighted by atomic mass is 19.2. The van der Waals surface area contributed by atoms with Crippen LogP contribution in [0.3, 0.4) is 0 Å². The fraction of sp³-hybridized carbons (Fsp3) is 1.00. The summed E-state index contributed by atoms with van der Waals surface area (Å²) in [4.78, 5) is 0. The maximum Gasteiger partial charge on any atom is 0.106 e. The highest BCUT2D eigenvalue weighted by molar-refractivity contribution is 4.77. The molecule has 1 aliphatic carbocycles. The molecule has 0 N–H and O–H groups in total. The van der Waals surface area contributed by atoms with Gasteiger partial charge in [-0.3, -0.25) is 0 Å². The van der Waals surface area contributed by atoms with Crippen LogP contribution in [0.4, 0.5) is 8.78 Å². The van der Waals surface area contributed by atoms with E-state index in [1.165, 1.54) is 0 Å². The number of hydrogen-bond acceptors (Lipinski definition) is 0. The van der Waals surface area contributed by atoms with E-state index in [2.05, 4.69) is 0 Å². The number of alkyl halides is 2. The molecular formula is C4H6F2. The van der Waals surface area contributed by atoms with E-state index >= 15 is 0 Å². The molecule has 36 valence electrons. The Kier molecular flexibility index (Phi) is 0.787. The third kappa shape index (κ3) is 0.511. The molecule has 0 amide bonds. The summed E-state index contributed by atoms with van der Waals surface area (Å²) in [6.07, 6.45) is -1.39. The third-order valence-corrected chi connectivity index (χ3v) is 1.02. The van der Waals surface area contributed by atoms with E-state index in [9.17, 15) is 8.78 Å². The Morgan fingerprint density at radius 1 is 1.00 bits per heavy atom. The van der Waals surface area contributed by atoms with Crippen LogP contribution >= 0.6 is 0 Å². The van der Waals surface area contributed by atoms with E-state index in [4.69, 9.17) is 0 Å². The van der Waals surface area contributed by atoms with Crippen LogP contribution in [0.5, 0.6) is 0 Å². The summed E-state index contributed by atoms with van der Waals surface area (Å²) in [7, 11) is 0. The zero-order chi connectivity index (χ0) is 4.57. The number of hydrogen-bond donors (Lipinski definition) is 0. The van der Waals surface area contributed by atoms with Gasteiger partial charge in [0.25, 0.3) is 0 Å². The lowest BCUT2D eigenvalue weighted by molar-refractivity contribution is 0.0919. The Balaban J connectivity index is 2.11. The maximum atomic E-state index is 11.5. The van der Waals surface area contributed by atoms with Crippen LogP contribution in [0, 0.1) is 0 Å². The van der Waals surface area contributed by atoms with Gasteiger partial charge in [-0.25, -0.2) is 8.78 Å². The predicted octanol–water partition coefficient (Wildman–Crippen LogP) is 1.46. The van der Waals surface area contributed by atoms with Gasteiger partial charge in [-0.2, -0.15) is 0 Å². The van der Waals surface area contributed by atoms with E-state index in [1.54, 1.807) is 0 Å². The van der Waals surface area contributed by atoms with Crippen molar-refractivity contribution in [1.82, 2.24) is 0 Å². The summed E-state index contributed by atoms with van der Waals surface area (Å²) in [6, 6.07) is 0. The summed E-state index contributed by atoms with van der Waals surface area (Å²) in [6.45, 7) is 0. The number of rotatable bonds is 0. The van der Waals surface area contributed by atoms with Gasteiger partial charge in [-0.05, 0) is 0 Å². The molecule has 0 spiro atoms.